The highest BCUT2D eigenvalue weighted by Crippen LogP contribution is 2.41. The number of halogens is 9. The Bertz CT molecular complexity index is 4000. The van der Waals surface area contributed by atoms with E-state index in [1.54, 1.807) is 12.1 Å². The minimum Gasteiger partial charge on any atom is -0.481 e. The number of carboxylic acids is 2. The first-order chi connectivity index (χ1) is 50.2. The average Bonchev–Trinajstić information content (AvgIpc) is 1.72. The number of Topliss-reactive ketones (excluding diaryl/α,β-unsaturated/α-hetero) is 2. The summed E-state index contributed by atoms with van der Waals surface area (Å²) in [5.41, 5.74) is 14.6. The molecule has 6 aromatic carbocycles. The van der Waals surface area contributed by atoms with E-state index in [-0.39, 0.29) is 73.3 Å². The van der Waals surface area contributed by atoms with E-state index in [1.807, 2.05) is 91.0 Å². The molecular formula is C82H101Cl3F6N6O10. The third-order valence-electron chi connectivity index (χ3n) is 18.9. The lowest BCUT2D eigenvalue weighted by molar-refractivity contribution is -0.185. The number of amides is 2. The maximum absolute atomic E-state index is 13.0. The molecule has 0 spiro atoms. The number of nitrogens with one attached hydrogen (secondary N) is 4. The van der Waals surface area contributed by atoms with Crippen LogP contribution in [0.2, 0.25) is 15.1 Å². The Hall–Kier alpha value is -7.73. The van der Waals surface area contributed by atoms with Crippen LogP contribution >= 0.6 is 34.8 Å². The normalized spacial score (nSPS) is 15.1. The quantitative estimate of drug-likeness (QED) is 0.0292. The maximum Gasteiger partial charge on any atom is 0.471 e. The van der Waals surface area contributed by atoms with Crippen LogP contribution in [-0.2, 0) is 92.6 Å². The van der Waals surface area contributed by atoms with Gasteiger partial charge in [-0.05, 0) is 155 Å². The standard InChI is InChI=1S/C28H34ClF3N2O3.C26H30ClF3N2O2.C24H31ClN2O.C4H6O4/c1-26(2,3)12-13-27(36-16-17-37-27)21-7-4-19(5-8-21)18-33-24-22-11-15-34(25(35)28(30,31)32)14-10-20(22)6-9-23(24)29;1-25(2,3)13-10-22(33)19-6-4-17(5-7-19)16-31-23-20-12-15-32(24(34)26(28,29)30)14-11-18(20)8-9-21(23)27;1-24(2,3)13-10-22(28)19-6-4-17(5-7-19)16-27-23-20-12-15-26-14-11-18(20)8-9-21(23)25;5-3(6)1-2-4(7)8/h4-9,33H,10-18H2,1-3H3;4-9,31H,10-16H2,1-3H3;4-9,26-27H,10-16H2,1-3H3;1-2H2,(H,5,6)(H,7,8). The van der Waals surface area contributed by atoms with E-state index in [0.717, 1.165) is 122 Å². The largest absolute Gasteiger partial charge is 0.481 e. The summed E-state index contributed by atoms with van der Waals surface area (Å²) in [7, 11) is 0. The molecule has 582 valence electrons. The topological polar surface area (TPSA) is 216 Å². The van der Waals surface area contributed by atoms with Crippen LogP contribution in [0.3, 0.4) is 0 Å². The molecule has 0 atom stereocenters. The molecule has 16 nitrogen and oxygen atoms in total. The second kappa shape index (κ2) is 38.6. The van der Waals surface area contributed by atoms with Gasteiger partial charge < -0.3 is 50.8 Å². The Morgan fingerprint density at radius 2 is 0.766 bits per heavy atom. The Labute approximate surface area is 639 Å². The number of ketones is 2. The van der Waals surface area contributed by atoms with Crippen LogP contribution in [0.5, 0.6) is 0 Å². The van der Waals surface area contributed by atoms with Crippen LogP contribution in [0.1, 0.15) is 190 Å². The van der Waals surface area contributed by atoms with E-state index >= 15 is 0 Å². The molecule has 4 aliphatic heterocycles. The molecule has 6 N–H and O–H groups in total. The molecular weight excluding hydrogens is 1450 g/mol. The summed E-state index contributed by atoms with van der Waals surface area (Å²) in [5.74, 6) is -6.14. The fourth-order valence-corrected chi connectivity index (χ4v) is 13.4. The van der Waals surface area contributed by atoms with Gasteiger partial charge in [0.15, 0.2) is 17.4 Å². The van der Waals surface area contributed by atoms with Crippen molar-refractivity contribution in [1.82, 2.24) is 15.1 Å². The third-order valence-corrected chi connectivity index (χ3v) is 19.8. The van der Waals surface area contributed by atoms with Gasteiger partial charge in [0.2, 0.25) is 0 Å². The highest BCUT2D eigenvalue weighted by atomic mass is 35.5. The van der Waals surface area contributed by atoms with Crippen LogP contribution in [-0.4, -0.2) is 120 Å². The zero-order valence-corrected chi connectivity index (χ0v) is 64.8. The van der Waals surface area contributed by atoms with Crippen LogP contribution in [0.4, 0.5) is 43.4 Å². The second-order valence-corrected chi connectivity index (χ2v) is 32.1. The number of carboxylic acid groups (broad SMARTS) is 2. The number of rotatable bonds is 21. The molecule has 0 aliphatic carbocycles. The minimum absolute atomic E-state index is 0.00822. The van der Waals surface area contributed by atoms with E-state index < -0.39 is 41.9 Å². The van der Waals surface area contributed by atoms with Crippen molar-refractivity contribution in [2.75, 3.05) is 68.4 Å². The van der Waals surface area contributed by atoms with Gasteiger partial charge in [-0.25, -0.2) is 0 Å². The van der Waals surface area contributed by atoms with Crippen molar-refractivity contribution in [3.63, 3.8) is 0 Å². The van der Waals surface area contributed by atoms with Crippen molar-refractivity contribution in [2.24, 2.45) is 16.2 Å². The summed E-state index contributed by atoms with van der Waals surface area (Å²) < 4.78 is 89.6. The van der Waals surface area contributed by atoms with Gasteiger partial charge in [-0.1, -0.05) is 188 Å². The third kappa shape index (κ3) is 27.1. The zero-order valence-electron chi connectivity index (χ0n) is 62.5. The number of alkyl halides is 6. The number of hydrogen-bond donors (Lipinski definition) is 6. The van der Waals surface area contributed by atoms with Crippen molar-refractivity contribution in [1.29, 1.82) is 0 Å². The lowest BCUT2D eigenvalue weighted by Gasteiger charge is -2.31. The van der Waals surface area contributed by atoms with Crippen molar-refractivity contribution >= 4 is 87.2 Å². The molecule has 0 aromatic heterocycles. The van der Waals surface area contributed by atoms with Crippen LogP contribution in [0.15, 0.2) is 109 Å². The molecule has 6 aromatic rings. The van der Waals surface area contributed by atoms with Crippen molar-refractivity contribution in [2.45, 2.75) is 190 Å². The predicted molar refractivity (Wildman–Crippen MR) is 409 cm³/mol. The zero-order chi connectivity index (χ0) is 78.7. The Morgan fingerprint density at radius 3 is 1.11 bits per heavy atom. The number of fused-ring (bicyclic) bond motifs is 3. The molecule has 0 unspecified atom stereocenters. The van der Waals surface area contributed by atoms with Gasteiger partial charge >= 0.3 is 36.1 Å². The number of nitrogens with zero attached hydrogens (tertiary/aromatic N) is 2. The molecule has 10 rings (SSSR count). The average molecular weight is 1550 g/mol. The monoisotopic (exact) mass is 1550 g/mol. The molecule has 0 radical (unpaired) electrons. The highest BCUT2D eigenvalue weighted by molar-refractivity contribution is 6.34. The number of carbonyl (C=O) groups excluding carboxylic acids is 4. The van der Waals surface area contributed by atoms with Gasteiger partial charge in [0.05, 0.1) is 58.2 Å². The summed E-state index contributed by atoms with van der Waals surface area (Å²) in [6, 6.07) is 34.7. The number of carbonyl (C=O) groups is 6. The second-order valence-electron chi connectivity index (χ2n) is 30.9. The van der Waals surface area contributed by atoms with Gasteiger partial charge in [-0.2, -0.15) is 26.3 Å². The Balaban J connectivity index is 0.000000214. The van der Waals surface area contributed by atoms with E-state index in [2.05, 4.69) is 89.6 Å². The molecule has 25 heteroatoms. The lowest BCUT2D eigenvalue weighted by Crippen LogP contribution is -2.42. The molecule has 0 saturated carbocycles. The fraction of sp³-hybridized carbons (Fsp3) is 0.488. The van der Waals surface area contributed by atoms with Crippen molar-refractivity contribution in [3.8, 4) is 0 Å². The number of hydrogen-bond acceptors (Lipinski definition) is 12. The van der Waals surface area contributed by atoms with E-state index in [4.69, 9.17) is 54.5 Å². The molecule has 107 heavy (non-hydrogen) atoms. The molecule has 1 fully saturated rings. The van der Waals surface area contributed by atoms with Crippen LogP contribution in [0, 0.1) is 16.2 Å². The fourth-order valence-electron chi connectivity index (χ4n) is 12.7. The number of anilines is 3. The van der Waals surface area contributed by atoms with E-state index in [9.17, 15) is 55.1 Å². The Kier molecular flexibility index (Phi) is 31.2. The first kappa shape index (κ1) is 86.5. The maximum atomic E-state index is 13.0. The predicted octanol–water partition coefficient (Wildman–Crippen LogP) is 18.5. The SMILES string of the molecule is CC(C)(C)CCC(=O)c1ccc(CNc2c(Cl)ccc3c2CCN(C(=O)C(F)(F)F)CC3)cc1.CC(C)(C)CCC(=O)c1ccc(CNc2c(Cl)ccc3c2CCNCC3)cc1.CC(C)(C)CCC1(c2ccc(CNc3c(Cl)ccc4c3CCN(C(=O)C(F)(F)F)CC4)cc2)OCCO1.O=C(O)CCC(=O)O. The van der Waals surface area contributed by atoms with Crippen molar-refractivity contribution in [3.05, 3.63) is 191 Å². The molecule has 4 heterocycles. The first-order valence-electron chi connectivity index (χ1n) is 36.3. The number of benzene rings is 6. The smallest absolute Gasteiger partial charge is 0.471 e. The van der Waals surface area contributed by atoms with Crippen LogP contribution in [0.25, 0.3) is 0 Å². The van der Waals surface area contributed by atoms with Gasteiger partial charge in [0, 0.05) is 81.8 Å². The van der Waals surface area contributed by atoms with E-state index in [0.29, 0.717) is 91.9 Å². The molecule has 4 aliphatic rings. The summed E-state index contributed by atoms with van der Waals surface area (Å²) >= 11 is 19.4. The van der Waals surface area contributed by atoms with Gasteiger partial charge in [0.25, 0.3) is 0 Å². The first-order valence-corrected chi connectivity index (χ1v) is 37.4. The van der Waals surface area contributed by atoms with E-state index in [1.165, 1.54) is 11.1 Å². The summed E-state index contributed by atoms with van der Waals surface area (Å²) in [6.45, 7) is 24.2. The van der Waals surface area contributed by atoms with Gasteiger partial charge in [-0.15, -0.1) is 0 Å². The lowest BCUT2D eigenvalue weighted by atomic mass is 9.86. The molecule has 2 amide bonds. The van der Waals surface area contributed by atoms with Gasteiger partial charge in [-0.3, -0.25) is 28.8 Å². The van der Waals surface area contributed by atoms with Crippen molar-refractivity contribution < 1.29 is 74.8 Å². The summed E-state index contributed by atoms with van der Waals surface area (Å²) in [5, 5.41) is 31.2. The number of aliphatic carboxylic acids is 2. The highest BCUT2D eigenvalue weighted by Gasteiger charge is 2.44. The summed E-state index contributed by atoms with van der Waals surface area (Å²) in [4.78, 5) is 69.3. The Morgan fingerprint density at radius 1 is 0.439 bits per heavy atom. The summed E-state index contributed by atoms with van der Waals surface area (Å²) in [6.07, 6.45) is -2.53. The molecule has 0 bridgehead atoms. The van der Waals surface area contributed by atoms with Crippen LogP contribution < -0.4 is 21.3 Å². The minimum atomic E-state index is -4.88. The molecule has 1 saturated heterocycles. The number of ether oxygens (including phenoxy) is 2. The van der Waals surface area contributed by atoms with Gasteiger partial charge in [0.1, 0.15) is 0 Å².